The average molecular weight is 101 g/mol. The Kier molecular flexibility index (Phi) is 2.43. The van der Waals surface area contributed by atoms with Crippen molar-refractivity contribution in [1.82, 2.24) is 4.94 Å². The van der Waals surface area contributed by atoms with E-state index >= 15 is 0 Å². The first-order valence-corrected chi connectivity index (χ1v) is 1.76. The zero-order valence-corrected chi connectivity index (χ0v) is 2.89. The van der Waals surface area contributed by atoms with Gasteiger partial charge in [0.05, 0.1) is 4.94 Å². The van der Waals surface area contributed by atoms with Gasteiger partial charge < -0.3 is 4.55 Å². The third-order valence-corrected chi connectivity index (χ3v) is 0.182. The molecule has 0 radical (unpaired) electrons. The lowest BCUT2D eigenvalue weighted by Gasteiger charge is -1.81. The van der Waals surface area contributed by atoms with E-state index in [0.717, 1.165) is 0 Å². The van der Waals surface area contributed by atoms with Crippen LogP contribution in [0.5, 0.6) is 0 Å². The molecule has 0 spiro atoms. The maximum atomic E-state index is 10.4. The molecule has 0 heterocycles. The molecule has 0 saturated carbocycles. The van der Waals surface area contributed by atoms with E-state index in [9.17, 15) is 8.37 Å². The molecule has 0 bridgehead atoms. The number of rotatable bonds is 1. The van der Waals surface area contributed by atoms with Gasteiger partial charge in [-0.05, 0) is 0 Å². The van der Waals surface area contributed by atoms with Gasteiger partial charge in [0.15, 0.2) is 0 Å². The fraction of sp³-hybridized carbons (Fsp3) is 0. The summed E-state index contributed by atoms with van der Waals surface area (Å²) in [5, 5.41) is 0. The summed E-state index contributed by atoms with van der Waals surface area (Å²) >= 11 is -2.99. The Bertz CT molecular complexity index is 23.6. The highest BCUT2D eigenvalue weighted by Crippen LogP contribution is 1.78. The molecule has 0 rings (SSSR count). The van der Waals surface area contributed by atoms with Crippen molar-refractivity contribution in [2.45, 2.75) is 0 Å². The summed E-state index contributed by atoms with van der Waals surface area (Å²) in [6.45, 7) is 0. The van der Waals surface area contributed by atoms with E-state index in [4.69, 9.17) is 4.55 Å². The Labute approximate surface area is 30.7 Å². The van der Waals surface area contributed by atoms with Crippen LogP contribution in [0.3, 0.4) is 0 Å². The molecule has 5 heteroatoms. The minimum atomic E-state index is -2.99. The normalized spacial score (nSPS) is 15.0. The van der Waals surface area contributed by atoms with Crippen LogP contribution in [-0.2, 0) is 11.7 Å². The second kappa shape index (κ2) is 2.37. The van der Waals surface area contributed by atoms with Crippen molar-refractivity contribution in [3.8, 4) is 0 Å². The van der Waals surface area contributed by atoms with Crippen molar-refractivity contribution in [3.05, 3.63) is 0 Å². The molecule has 0 aromatic heterocycles. The topological polar surface area (TPSA) is 35.1 Å². The van der Waals surface area contributed by atoms with E-state index in [-0.39, 0.29) is 0 Å². The van der Waals surface area contributed by atoms with E-state index in [1.54, 1.807) is 0 Å². The highest BCUT2D eigenvalue weighted by molar-refractivity contribution is 7.84. The molecular formula is HF2NOS. The zero-order valence-electron chi connectivity index (χ0n) is 2.07. The Morgan fingerprint density at radius 2 is 2.00 bits per heavy atom. The van der Waals surface area contributed by atoms with E-state index in [2.05, 4.69) is 0 Å². The molecule has 0 aliphatic rings. The second-order valence-corrected chi connectivity index (χ2v) is 0.902. The summed E-state index contributed by atoms with van der Waals surface area (Å²) in [5.41, 5.74) is 0. The van der Waals surface area contributed by atoms with Crippen LogP contribution in [0.25, 0.3) is 0 Å². The van der Waals surface area contributed by atoms with E-state index < -0.39 is 11.7 Å². The molecule has 0 amide bonds. The molecule has 0 aliphatic carbocycles. The number of hydrogen-bond donors (Lipinski definition) is 1. The number of halogens is 2. The van der Waals surface area contributed by atoms with Gasteiger partial charge in [0.2, 0.25) is 0 Å². The molecule has 0 saturated heterocycles. The Morgan fingerprint density at radius 1 is 1.80 bits per heavy atom. The minimum Gasteiger partial charge on any atom is -0.559 e. The predicted molar refractivity (Wildman–Crippen MR) is 13.5 cm³/mol. The van der Waals surface area contributed by atoms with Gasteiger partial charge in [-0.2, -0.15) is 0 Å². The highest BCUT2D eigenvalue weighted by Gasteiger charge is 1.95. The van der Waals surface area contributed by atoms with Crippen LogP contribution in [-0.4, -0.2) is 4.55 Å². The van der Waals surface area contributed by atoms with Crippen LogP contribution >= 0.6 is 0 Å². The summed E-state index contributed by atoms with van der Waals surface area (Å²) in [7, 11) is 0. The molecule has 5 heavy (non-hydrogen) atoms. The second-order valence-electron chi connectivity index (χ2n) is 0.301. The van der Waals surface area contributed by atoms with E-state index in [0.29, 0.717) is 4.94 Å². The molecule has 1 unspecified atom stereocenters. The van der Waals surface area contributed by atoms with Crippen LogP contribution in [0, 0.1) is 0 Å². The smallest absolute Gasteiger partial charge is 0.305 e. The molecule has 0 aliphatic heterocycles. The van der Waals surface area contributed by atoms with Gasteiger partial charge in [-0.25, -0.2) is 0 Å². The first-order valence-electron chi connectivity index (χ1n) is 0.714. The van der Waals surface area contributed by atoms with E-state index in [1.807, 2.05) is 0 Å². The van der Waals surface area contributed by atoms with Gasteiger partial charge in [0.1, 0.15) is 0 Å². The molecule has 0 aromatic carbocycles. The third kappa shape index (κ3) is 4.13. The summed E-state index contributed by atoms with van der Waals surface area (Å²) in [6.07, 6.45) is 0. The van der Waals surface area contributed by atoms with Gasteiger partial charge in [-0.3, -0.25) is 0 Å². The monoisotopic (exact) mass is 101 g/mol. The standard InChI is InChI=1S/F2HNOS/c1-3-5(2)4/h3H. The summed E-state index contributed by atoms with van der Waals surface area (Å²) in [6, 6.07) is 0. The van der Waals surface area contributed by atoms with Crippen LogP contribution < -0.4 is 4.94 Å². The number of hydrogen-bond acceptors (Lipinski definition) is 2. The van der Waals surface area contributed by atoms with Gasteiger partial charge in [0, 0.05) is 3.89 Å². The van der Waals surface area contributed by atoms with Crippen LogP contribution in [0.2, 0.25) is 0 Å². The Balaban J connectivity index is 2.54. The fourth-order valence-corrected chi connectivity index (χ4v) is 0. The summed E-state index contributed by atoms with van der Waals surface area (Å²) in [5.74, 6) is 0. The lowest BCUT2D eigenvalue weighted by molar-refractivity contribution is 0.404. The Morgan fingerprint density at radius 3 is 2.00 bits per heavy atom. The van der Waals surface area contributed by atoms with Crippen molar-refractivity contribution in [2.75, 3.05) is 0 Å². The molecule has 1 N–H and O–H groups in total. The largest absolute Gasteiger partial charge is 0.559 e. The van der Waals surface area contributed by atoms with Crippen molar-refractivity contribution in [2.24, 2.45) is 0 Å². The fourth-order valence-electron chi connectivity index (χ4n) is 0. The average Bonchev–Trinajstić information content (AvgIpc) is 1.38. The van der Waals surface area contributed by atoms with Crippen molar-refractivity contribution < 1.29 is 12.9 Å². The van der Waals surface area contributed by atoms with Crippen molar-refractivity contribution in [1.29, 1.82) is 0 Å². The summed E-state index contributed by atoms with van der Waals surface area (Å²) < 4.78 is 29.4. The first kappa shape index (κ1) is 5.13. The molecule has 2 nitrogen and oxygen atoms in total. The maximum Gasteiger partial charge on any atom is 0.305 e. The van der Waals surface area contributed by atoms with Crippen molar-refractivity contribution in [3.63, 3.8) is 0 Å². The quantitative estimate of drug-likeness (QED) is 0.373. The first-order chi connectivity index (χ1) is 2.27. The maximum absolute atomic E-state index is 10.4. The number of nitrogens with one attached hydrogen (secondary N) is 1. The zero-order chi connectivity index (χ0) is 4.28. The SMILES string of the molecule is [O-][S+](F)NF. The molecule has 1 atom stereocenters. The van der Waals surface area contributed by atoms with Gasteiger partial charge in [-0.1, -0.05) is 4.48 Å². The van der Waals surface area contributed by atoms with Crippen LogP contribution in [0.15, 0.2) is 0 Å². The van der Waals surface area contributed by atoms with Gasteiger partial charge in [-0.15, -0.1) is 0 Å². The third-order valence-electron chi connectivity index (χ3n) is 0.0607. The lowest BCUT2D eigenvalue weighted by atomic mass is 13.8. The molecule has 0 aromatic rings. The molecule has 32 valence electrons. The van der Waals surface area contributed by atoms with E-state index in [1.165, 1.54) is 0 Å². The molecule has 0 fully saturated rings. The summed E-state index contributed by atoms with van der Waals surface area (Å²) in [4.78, 5) is 0.333. The lowest BCUT2D eigenvalue weighted by Crippen LogP contribution is -2.05. The van der Waals surface area contributed by atoms with Crippen molar-refractivity contribution >= 4 is 11.7 Å². The minimum absolute atomic E-state index is 0.333. The van der Waals surface area contributed by atoms with Crippen LogP contribution in [0.1, 0.15) is 0 Å². The predicted octanol–water partition coefficient (Wildman–Crippen LogP) is 0.00870. The Hall–Kier alpha value is 0.130. The molecular weight excluding hydrogens is 100 g/mol. The van der Waals surface area contributed by atoms with Gasteiger partial charge >= 0.3 is 11.7 Å². The van der Waals surface area contributed by atoms with Gasteiger partial charge in [0.25, 0.3) is 0 Å². The highest BCUT2D eigenvalue weighted by atomic mass is 32.3. The van der Waals surface area contributed by atoms with Crippen LogP contribution in [0.4, 0.5) is 8.37 Å².